The van der Waals surface area contributed by atoms with Crippen molar-refractivity contribution in [1.82, 2.24) is 20.3 Å². The molecular weight excluding hydrogens is 348 g/mol. The third-order valence-corrected chi connectivity index (χ3v) is 4.84. The van der Waals surface area contributed by atoms with Gasteiger partial charge in [0.2, 0.25) is 0 Å². The maximum atomic E-state index is 5.95. The van der Waals surface area contributed by atoms with E-state index in [1.165, 1.54) is 5.56 Å². The minimum Gasteiger partial charge on any atom is -0.359 e. The monoisotopic (exact) mass is 378 g/mol. The third kappa shape index (κ3) is 4.01. The van der Waals surface area contributed by atoms with Crippen molar-refractivity contribution in [2.45, 2.75) is 46.3 Å². The molecule has 0 bridgehead atoms. The molecule has 28 heavy (non-hydrogen) atoms. The van der Waals surface area contributed by atoms with Gasteiger partial charge in [-0.3, -0.25) is 5.32 Å². The van der Waals surface area contributed by atoms with Crippen LogP contribution in [0.3, 0.4) is 0 Å². The van der Waals surface area contributed by atoms with E-state index in [2.05, 4.69) is 86.6 Å². The maximum Gasteiger partial charge on any atom is 0.121 e. The Morgan fingerprint density at radius 3 is 2.32 bits per heavy atom. The average Bonchev–Trinajstić information content (AvgIpc) is 3.11. The standard InChI is InChI=1S/C23H30N4O/c1-16-11-7-8-12-18(16)21-22(27(26-25-21)23(3,4)5)20-14-10-9-13-19(20)17(2)28-15-24-6/h7-14,17,24H,15H2,1-6H3. The number of aromatic nitrogens is 3. The smallest absolute Gasteiger partial charge is 0.121 e. The second-order valence-electron chi connectivity index (χ2n) is 8.08. The molecule has 5 heteroatoms. The van der Waals surface area contributed by atoms with Gasteiger partial charge in [0.25, 0.3) is 0 Å². The van der Waals surface area contributed by atoms with Crippen molar-refractivity contribution in [3.8, 4) is 22.5 Å². The number of ether oxygens (including phenoxy) is 1. The highest BCUT2D eigenvalue weighted by molar-refractivity contribution is 5.81. The van der Waals surface area contributed by atoms with Crippen LogP contribution in [0.15, 0.2) is 48.5 Å². The number of hydrogen-bond acceptors (Lipinski definition) is 4. The molecule has 0 aliphatic heterocycles. The number of nitrogens with zero attached hydrogens (tertiary/aromatic N) is 3. The molecule has 0 aliphatic carbocycles. The van der Waals surface area contributed by atoms with Crippen LogP contribution < -0.4 is 5.32 Å². The Balaban J connectivity index is 2.25. The first kappa shape index (κ1) is 20.2. The topological polar surface area (TPSA) is 52.0 Å². The Morgan fingerprint density at radius 1 is 1.04 bits per heavy atom. The zero-order valence-electron chi connectivity index (χ0n) is 17.7. The molecule has 2 aromatic carbocycles. The van der Waals surface area contributed by atoms with Crippen LogP contribution in [-0.4, -0.2) is 28.8 Å². The van der Waals surface area contributed by atoms with Crippen molar-refractivity contribution in [2.24, 2.45) is 0 Å². The van der Waals surface area contributed by atoms with Crippen molar-refractivity contribution in [2.75, 3.05) is 13.8 Å². The van der Waals surface area contributed by atoms with Crippen LogP contribution in [0, 0.1) is 6.92 Å². The van der Waals surface area contributed by atoms with Gasteiger partial charge in [-0.2, -0.15) is 0 Å². The van der Waals surface area contributed by atoms with Gasteiger partial charge in [-0.15, -0.1) is 5.10 Å². The highest BCUT2D eigenvalue weighted by Gasteiger charge is 2.27. The second-order valence-corrected chi connectivity index (χ2v) is 8.08. The summed E-state index contributed by atoms with van der Waals surface area (Å²) in [4.78, 5) is 0. The fourth-order valence-electron chi connectivity index (χ4n) is 3.38. The number of hydrogen-bond donors (Lipinski definition) is 1. The molecule has 0 saturated heterocycles. The summed E-state index contributed by atoms with van der Waals surface area (Å²) in [7, 11) is 1.88. The van der Waals surface area contributed by atoms with Crippen LogP contribution in [-0.2, 0) is 10.3 Å². The lowest BCUT2D eigenvalue weighted by atomic mass is 9.94. The molecule has 148 valence electrons. The summed E-state index contributed by atoms with van der Waals surface area (Å²) in [5, 5.41) is 12.2. The predicted molar refractivity (Wildman–Crippen MR) is 114 cm³/mol. The molecule has 0 amide bonds. The molecule has 5 nitrogen and oxygen atoms in total. The first-order valence-corrected chi connectivity index (χ1v) is 9.72. The van der Waals surface area contributed by atoms with Crippen LogP contribution in [0.5, 0.6) is 0 Å². The molecule has 0 aliphatic rings. The number of aryl methyl sites for hydroxylation is 1. The van der Waals surface area contributed by atoms with Gasteiger partial charge in [0.1, 0.15) is 5.69 Å². The molecule has 0 spiro atoms. The van der Waals surface area contributed by atoms with Crippen molar-refractivity contribution >= 4 is 0 Å². The summed E-state index contributed by atoms with van der Waals surface area (Å²) in [5.41, 5.74) is 6.24. The summed E-state index contributed by atoms with van der Waals surface area (Å²) < 4.78 is 7.98. The van der Waals surface area contributed by atoms with E-state index < -0.39 is 0 Å². The highest BCUT2D eigenvalue weighted by atomic mass is 16.5. The Labute approximate surface area is 167 Å². The lowest BCUT2D eigenvalue weighted by molar-refractivity contribution is 0.0561. The summed E-state index contributed by atoms with van der Waals surface area (Å²) >= 11 is 0. The average molecular weight is 379 g/mol. The fourth-order valence-corrected chi connectivity index (χ4v) is 3.38. The Bertz CT molecular complexity index is 940. The largest absolute Gasteiger partial charge is 0.359 e. The van der Waals surface area contributed by atoms with Crippen molar-refractivity contribution in [3.05, 3.63) is 59.7 Å². The van der Waals surface area contributed by atoms with Crippen LogP contribution in [0.4, 0.5) is 0 Å². The molecule has 0 saturated carbocycles. The first-order valence-electron chi connectivity index (χ1n) is 9.72. The van der Waals surface area contributed by atoms with Gasteiger partial charge in [0.05, 0.1) is 24.1 Å². The lowest BCUT2D eigenvalue weighted by Gasteiger charge is -2.24. The molecular formula is C23H30N4O. The molecule has 1 unspecified atom stereocenters. The van der Waals surface area contributed by atoms with E-state index in [0.29, 0.717) is 6.73 Å². The van der Waals surface area contributed by atoms with Crippen LogP contribution in [0.25, 0.3) is 22.5 Å². The fraction of sp³-hybridized carbons (Fsp3) is 0.391. The summed E-state index contributed by atoms with van der Waals surface area (Å²) in [6, 6.07) is 16.7. The van der Waals surface area contributed by atoms with Gasteiger partial charge in [-0.1, -0.05) is 53.7 Å². The van der Waals surface area contributed by atoms with Crippen LogP contribution >= 0.6 is 0 Å². The molecule has 0 radical (unpaired) electrons. The Kier molecular flexibility index (Phi) is 5.96. The Morgan fingerprint density at radius 2 is 1.68 bits per heavy atom. The van der Waals surface area contributed by atoms with Gasteiger partial charge >= 0.3 is 0 Å². The van der Waals surface area contributed by atoms with E-state index in [-0.39, 0.29) is 11.6 Å². The molecule has 3 rings (SSSR count). The zero-order chi connectivity index (χ0) is 20.3. The lowest BCUT2D eigenvalue weighted by Crippen LogP contribution is -2.24. The number of benzene rings is 2. The van der Waals surface area contributed by atoms with Crippen LogP contribution in [0.2, 0.25) is 0 Å². The molecule has 1 heterocycles. The minimum atomic E-state index is -0.203. The summed E-state index contributed by atoms with van der Waals surface area (Å²) in [6.45, 7) is 11.1. The zero-order valence-corrected chi connectivity index (χ0v) is 17.7. The van der Waals surface area contributed by atoms with E-state index in [1.807, 2.05) is 23.9 Å². The maximum absolute atomic E-state index is 5.95. The highest BCUT2D eigenvalue weighted by Crippen LogP contribution is 2.38. The van der Waals surface area contributed by atoms with Gasteiger partial charge in [0, 0.05) is 11.1 Å². The van der Waals surface area contributed by atoms with E-state index >= 15 is 0 Å². The van der Waals surface area contributed by atoms with Crippen molar-refractivity contribution < 1.29 is 4.74 Å². The SMILES string of the molecule is CNCOC(C)c1ccccc1-c1c(-c2ccccc2C)nnn1C(C)(C)C. The first-order chi connectivity index (χ1) is 13.3. The molecule has 1 atom stereocenters. The van der Waals surface area contributed by atoms with E-state index in [9.17, 15) is 0 Å². The van der Waals surface area contributed by atoms with Crippen molar-refractivity contribution in [3.63, 3.8) is 0 Å². The van der Waals surface area contributed by atoms with Crippen molar-refractivity contribution in [1.29, 1.82) is 0 Å². The van der Waals surface area contributed by atoms with E-state index in [1.54, 1.807) is 0 Å². The predicted octanol–water partition coefficient (Wildman–Crippen LogP) is 4.93. The minimum absolute atomic E-state index is 0.0586. The number of rotatable bonds is 6. The molecule has 1 aromatic heterocycles. The van der Waals surface area contributed by atoms with Gasteiger partial charge in [-0.05, 0) is 52.8 Å². The quantitative estimate of drug-likeness (QED) is 0.618. The molecule has 3 aromatic rings. The summed E-state index contributed by atoms with van der Waals surface area (Å²) in [5.74, 6) is 0. The number of nitrogens with one attached hydrogen (secondary N) is 1. The molecule has 1 N–H and O–H groups in total. The Hall–Kier alpha value is -2.50. The van der Waals surface area contributed by atoms with E-state index in [0.717, 1.165) is 28.1 Å². The summed E-state index contributed by atoms with van der Waals surface area (Å²) in [6.07, 6.45) is -0.0586. The third-order valence-electron chi connectivity index (χ3n) is 4.84. The second kappa shape index (κ2) is 8.25. The van der Waals surface area contributed by atoms with Crippen LogP contribution in [0.1, 0.15) is 44.9 Å². The van der Waals surface area contributed by atoms with Gasteiger partial charge in [0.15, 0.2) is 0 Å². The van der Waals surface area contributed by atoms with Gasteiger partial charge in [-0.25, -0.2) is 4.68 Å². The van der Waals surface area contributed by atoms with Gasteiger partial charge < -0.3 is 4.74 Å². The van der Waals surface area contributed by atoms with E-state index in [4.69, 9.17) is 4.74 Å². The normalized spacial score (nSPS) is 12.9. The molecule has 0 fully saturated rings.